The van der Waals surface area contributed by atoms with Gasteiger partial charge in [0.15, 0.2) is 0 Å². The van der Waals surface area contributed by atoms with Crippen molar-refractivity contribution in [1.29, 1.82) is 0 Å². The molecule has 0 amide bonds. The Morgan fingerprint density at radius 1 is 1.69 bits per heavy atom. The quantitative estimate of drug-likeness (QED) is 0.723. The molecule has 1 aliphatic rings. The minimum atomic E-state index is -0.819. The molecule has 0 spiro atoms. The Balaban J connectivity index is 2.55. The molecule has 1 aliphatic heterocycles. The minimum absolute atomic E-state index is 0.254. The van der Waals surface area contributed by atoms with Crippen molar-refractivity contribution in [3.63, 3.8) is 0 Å². The van der Waals surface area contributed by atoms with Gasteiger partial charge in [0.25, 0.3) is 0 Å². The van der Waals surface area contributed by atoms with E-state index in [9.17, 15) is 9.18 Å². The number of likely N-dealkylation sites (tertiary alicyclic amines) is 1. The lowest BCUT2D eigenvalue weighted by Gasteiger charge is -2.35. The predicted molar refractivity (Wildman–Crippen MR) is 47.4 cm³/mol. The van der Waals surface area contributed by atoms with E-state index in [2.05, 4.69) is 0 Å². The molecule has 0 saturated carbocycles. The molecule has 0 bridgehead atoms. The van der Waals surface area contributed by atoms with Crippen LogP contribution in [-0.4, -0.2) is 41.8 Å². The smallest absolute Gasteiger partial charge is 0.320 e. The average Bonchev–Trinajstić information content (AvgIpc) is 2.08. The summed E-state index contributed by atoms with van der Waals surface area (Å²) in [6, 6.07) is -0.473. The third kappa shape index (κ3) is 2.66. The standard InChI is InChI=1S/C9H16FNO2/c1-7-2-4-11(5-3-10)8(6-7)9(12)13/h7-8H,2-6H2,1H3,(H,12,13). The fourth-order valence-electron chi connectivity index (χ4n) is 1.82. The molecule has 2 unspecified atom stereocenters. The second-order valence-electron chi connectivity index (χ2n) is 3.71. The number of carbonyl (C=O) groups is 1. The summed E-state index contributed by atoms with van der Waals surface area (Å²) in [7, 11) is 0. The summed E-state index contributed by atoms with van der Waals surface area (Å²) in [4.78, 5) is 12.5. The normalized spacial score (nSPS) is 30.3. The molecule has 0 aromatic rings. The fraction of sp³-hybridized carbons (Fsp3) is 0.889. The number of halogens is 1. The van der Waals surface area contributed by atoms with E-state index in [-0.39, 0.29) is 6.54 Å². The van der Waals surface area contributed by atoms with E-state index in [1.165, 1.54) is 0 Å². The highest BCUT2D eigenvalue weighted by molar-refractivity contribution is 5.73. The molecule has 2 atom stereocenters. The number of alkyl halides is 1. The zero-order valence-corrected chi connectivity index (χ0v) is 7.87. The molecule has 0 aliphatic carbocycles. The van der Waals surface area contributed by atoms with Gasteiger partial charge in [-0.1, -0.05) is 6.92 Å². The Hall–Kier alpha value is -0.640. The summed E-state index contributed by atoms with van der Waals surface area (Å²) in [5.41, 5.74) is 0. The Labute approximate surface area is 77.5 Å². The maximum atomic E-state index is 12.1. The summed E-state index contributed by atoms with van der Waals surface area (Å²) in [5, 5.41) is 8.89. The van der Waals surface area contributed by atoms with Crippen molar-refractivity contribution in [2.45, 2.75) is 25.8 Å². The van der Waals surface area contributed by atoms with Crippen LogP contribution in [0.25, 0.3) is 0 Å². The van der Waals surface area contributed by atoms with Gasteiger partial charge in [0.1, 0.15) is 12.7 Å². The van der Waals surface area contributed by atoms with E-state index in [0.717, 1.165) is 6.42 Å². The van der Waals surface area contributed by atoms with Crippen molar-refractivity contribution in [3.05, 3.63) is 0 Å². The molecule has 1 fully saturated rings. The van der Waals surface area contributed by atoms with Crippen molar-refractivity contribution in [2.75, 3.05) is 19.8 Å². The molecule has 1 saturated heterocycles. The third-order valence-corrected chi connectivity index (χ3v) is 2.63. The number of rotatable bonds is 3. The van der Waals surface area contributed by atoms with Gasteiger partial charge < -0.3 is 5.11 Å². The van der Waals surface area contributed by atoms with Crippen molar-refractivity contribution < 1.29 is 14.3 Å². The molecule has 1 rings (SSSR count). The Morgan fingerprint density at radius 3 is 2.92 bits per heavy atom. The molecular weight excluding hydrogens is 173 g/mol. The topological polar surface area (TPSA) is 40.5 Å². The second-order valence-corrected chi connectivity index (χ2v) is 3.71. The molecule has 0 radical (unpaired) electrons. The highest BCUT2D eigenvalue weighted by atomic mass is 19.1. The number of piperidine rings is 1. The lowest BCUT2D eigenvalue weighted by Crippen LogP contribution is -2.47. The van der Waals surface area contributed by atoms with Gasteiger partial charge in [-0.25, -0.2) is 4.39 Å². The number of aliphatic carboxylic acids is 1. The maximum absolute atomic E-state index is 12.1. The number of nitrogens with zero attached hydrogens (tertiary/aromatic N) is 1. The monoisotopic (exact) mass is 189 g/mol. The summed E-state index contributed by atoms with van der Waals surface area (Å²) in [6.07, 6.45) is 1.62. The first kappa shape index (κ1) is 10.4. The van der Waals surface area contributed by atoms with Gasteiger partial charge in [-0.3, -0.25) is 9.69 Å². The van der Waals surface area contributed by atoms with Crippen LogP contribution in [0, 0.1) is 5.92 Å². The van der Waals surface area contributed by atoms with Crippen LogP contribution in [0.4, 0.5) is 4.39 Å². The maximum Gasteiger partial charge on any atom is 0.320 e. The molecule has 13 heavy (non-hydrogen) atoms. The molecule has 4 heteroatoms. The van der Waals surface area contributed by atoms with Gasteiger partial charge in [0, 0.05) is 6.54 Å². The average molecular weight is 189 g/mol. The van der Waals surface area contributed by atoms with Crippen molar-refractivity contribution in [3.8, 4) is 0 Å². The van der Waals surface area contributed by atoms with Gasteiger partial charge in [-0.05, 0) is 25.3 Å². The van der Waals surface area contributed by atoms with Gasteiger partial charge in [0.05, 0.1) is 0 Å². The van der Waals surface area contributed by atoms with E-state index in [1.54, 1.807) is 4.90 Å². The highest BCUT2D eigenvalue weighted by Gasteiger charge is 2.30. The summed E-state index contributed by atoms with van der Waals surface area (Å²) in [5.74, 6) is -0.378. The first-order valence-electron chi connectivity index (χ1n) is 4.68. The Bertz CT molecular complexity index is 186. The van der Waals surface area contributed by atoms with E-state index in [1.807, 2.05) is 6.92 Å². The van der Waals surface area contributed by atoms with E-state index in [4.69, 9.17) is 5.11 Å². The molecule has 0 aromatic heterocycles. The number of carboxylic acids is 1. The summed E-state index contributed by atoms with van der Waals surface area (Å²) >= 11 is 0. The summed E-state index contributed by atoms with van der Waals surface area (Å²) < 4.78 is 12.1. The summed E-state index contributed by atoms with van der Waals surface area (Å²) in [6.45, 7) is 2.55. The van der Waals surface area contributed by atoms with Gasteiger partial charge in [-0.15, -0.1) is 0 Å². The number of carboxylic acid groups (broad SMARTS) is 1. The molecule has 1 heterocycles. The van der Waals surface area contributed by atoms with Crippen molar-refractivity contribution in [2.24, 2.45) is 5.92 Å². The van der Waals surface area contributed by atoms with Crippen LogP contribution in [0.15, 0.2) is 0 Å². The van der Waals surface area contributed by atoms with Gasteiger partial charge in [0.2, 0.25) is 0 Å². The zero-order chi connectivity index (χ0) is 9.84. The SMILES string of the molecule is CC1CCN(CCF)C(C(=O)O)C1. The van der Waals surface area contributed by atoms with E-state index < -0.39 is 18.7 Å². The minimum Gasteiger partial charge on any atom is -0.480 e. The van der Waals surface area contributed by atoms with Crippen LogP contribution < -0.4 is 0 Å². The van der Waals surface area contributed by atoms with Crippen molar-refractivity contribution in [1.82, 2.24) is 4.90 Å². The highest BCUT2D eigenvalue weighted by Crippen LogP contribution is 2.22. The molecule has 3 nitrogen and oxygen atoms in total. The zero-order valence-electron chi connectivity index (χ0n) is 7.87. The molecule has 76 valence electrons. The lowest BCUT2D eigenvalue weighted by molar-refractivity contribution is -0.145. The molecule has 0 aromatic carbocycles. The van der Waals surface area contributed by atoms with Gasteiger partial charge >= 0.3 is 5.97 Å². The predicted octanol–water partition coefficient (Wildman–Crippen LogP) is 1.14. The van der Waals surface area contributed by atoms with E-state index in [0.29, 0.717) is 18.9 Å². The Kier molecular flexibility index (Phi) is 3.66. The number of hydrogen-bond donors (Lipinski definition) is 1. The first-order valence-corrected chi connectivity index (χ1v) is 4.68. The fourth-order valence-corrected chi connectivity index (χ4v) is 1.82. The number of hydrogen-bond acceptors (Lipinski definition) is 2. The van der Waals surface area contributed by atoms with Gasteiger partial charge in [-0.2, -0.15) is 0 Å². The van der Waals surface area contributed by atoms with E-state index >= 15 is 0 Å². The van der Waals surface area contributed by atoms with Crippen LogP contribution in [0.1, 0.15) is 19.8 Å². The lowest BCUT2D eigenvalue weighted by atomic mass is 9.92. The third-order valence-electron chi connectivity index (χ3n) is 2.63. The van der Waals surface area contributed by atoms with Crippen molar-refractivity contribution >= 4 is 5.97 Å². The van der Waals surface area contributed by atoms with Crippen LogP contribution in [0.3, 0.4) is 0 Å². The molecular formula is C9H16FNO2. The Morgan fingerprint density at radius 2 is 2.38 bits per heavy atom. The molecule has 1 N–H and O–H groups in total. The van der Waals surface area contributed by atoms with Crippen LogP contribution in [-0.2, 0) is 4.79 Å². The van der Waals surface area contributed by atoms with Crippen LogP contribution in [0.5, 0.6) is 0 Å². The van der Waals surface area contributed by atoms with Crippen LogP contribution >= 0.6 is 0 Å². The second kappa shape index (κ2) is 4.56. The first-order chi connectivity index (χ1) is 6.15. The largest absolute Gasteiger partial charge is 0.480 e. The van der Waals surface area contributed by atoms with Crippen LogP contribution in [0.2, 0.25) is 0 Å².